The van der Waals surface area contributed by atoms with Gasteiger partial charge in [-0.3, -0.25) is 4.79 Å². The molecule has 2 aliphatic rings. The highest BCUT2D eigenvalue weighted by Crippen LogP contribution is 2.25. The highest BCUT2D eigenvalue weighted by Gasteiger charge is 2.24. The number of aromatic nitrogens is 2. The molecule has 0 bridgehead atoms. The molecule has 27 heavy (non-hydrogen) atoms. The van der Waals surface area contributed by atoms with Crippen LogP contribution in [-0.2, 0) is 0 Å². The van der Waals surface area contributed by atoms with Gasteiger partial charge in [-0.15, -0.1) is 0 Å². The summed E-state index contributed by atoms with van der Waals surface area (Å²) in [7, 11) is 0. The summed E-state index contributed by atoms with van der Waals surface area (Å²) < 4.78 is 0. The second-order valence-corrected chi connectivity index (χ2v) is 7.93. The van der Waals surface area contributed by atoms with Crippen LogP contribution in [-0.4, -0.2) is 39.9 Å². The molecule has 1 aromatic heterocycles. The van der Waals surface area contributed by atoms with Gasteiger partial charge in [-0.05, 0) is 31.6 Å². The first-order valence-corrected chi connectivity index (χ1v) is 10.2. The lowest BCUT2D eigenvalue weighted by molar-refractivity contribution is 0.0691. The average Bonchev–Trinajstić information content (AvgIpc) is 3.21. The van der Waals surface area contributed by atoms with E-state index in [9.17, 15) is 4.79 Å². The summed E-state index contributed by atoms with van der Waals surface area (Å²) in [6.07, 6.45) is 6.97. The molecule has 142 valence electrons. The number of piperidine rings is 1. The minimum absolute atomic E-state index is 0.0240. The lowest BCUT2D eigenvalue weighted by Crippen LogP contribution is -2.38. The number of carbonyl (C=O) groups is 1. The third kappa shape index (κ3) is 4.29. The van der Waals surface area contributed by atoms with Crippen LogP contribution in [0.4, 0.5) is 5.82 Å². The van der Waals surface area contributed by atoms with Gasteiger partial charge in [-0.2, -0.15) is 0 Å². The third-order valence-electron chi connectivity index (χ3n) is 5.76. The molecule has 5 nitrogen and oxygen atoms in total. The number of nitrogens with zero attached hydrogens (tertiary/aromatic N) is 3. The molecule has 1 amide bonds. The van der Waals surface area contributed by atoms with Gasteiger partial charge in [0.25, 0.3) is 5.91 Å². The van der Waals surface area contributed by atoms with E-state index in [1.54, 1.807) is 0 Å². The number of carbonyl (C=O) groups excluding carboxylic acids is 1. The second kappa shape index (κ2) is 8.07. The van der Waals surface area contributed by atoms with Gasteiger partial charge < -0.3 is 10.2 Å². The van der Waals surface area contributed by atoms with Crippen molar-refractivity contribution in [1.82, 2.24) is 14.9 Å². The fourth-order valence-electron chi connectivity index (χ4n) is 4.00. The summed E-state index contributed by atoms with van der Waals surface area (Å²) >= 11 is 0. The maximum Gasteiger partial charge on any atom is 0.272 e. The zero-order valence-corrected chi connectivity index (χ0v) is 16.0. The third-order valence-corrected chi connectivity index (χ3v) is 5.76. The Hall–Kier alpha value is -2.43. The van der Waals surface area contributed by atoms with Crippen molar-refractivity contribution in [2.45, 2.75) is 51.5 Å². The molecular weight excluding hydrogens is 336 g/mol. The van der Waals surface area contributed by atoms with E-state index in [-0.39, 0.29) is 5.91 Å². The largest absolute Gasteiger partial charge is 0.367 e. The van der Waals surface area contributed by atoms with Gasteiger partial charge in [0.15, 0.2) is 5.82 Å². The Labute approximate surface area is 161 Å². The number of nitrogens with one attached hydrogen (secondary N) is 1. The van der Waals surface area contributed by atoms with Crippen LogP contribution in [0, 0.1) is 5.92 Å². The minimum Gasteiger partial charge on any atom is -0.367 e. The van der Waals surface area contributed by atoms with Crippen molar-refractivity contribution in [1.29, 1.82) is 0 Å². The molecular formula is C22H28N4O. The highest BCUT2D eigenvalue weighted by molar-refractivity contribution is 5.93. The van der Waals surface area contributed by atoms with E-state index in [1.165, 1.54) is 12.8 Å². The van der Waals surface area contributed by atoms with Crippen molar-refractivity contribution in [2.75, 3.05) is 18.4 Å². The second-order valence-electron chi connectivity index (χ2n) is 7.93. The molecule has 1 saturated heterocycles. The van der Waals surface area contributed by atoms with E-state index in [0.29, 0.717) is 23.5 Å². The average molecular weight is 364 g/mol. The summed E-state index contributed by atoms with van der Waals surface area (Å²) in [5.41, 5.74) is 1.44. The molecule has 1 aromatic carbocycles. The van der Waals surface area contributed by atoms with Crippen LogP contribution in [0.5, 0.6) is 0 Å². The van der Waals surface area contributed by atoms with Gasteiger partial charge in [-0.1, -0.05) is 50.1 Å². The molecule has 1 aliphatic carbocycles. The van der Waals surface area contributed by atoms with Crippen molar-refractivity contribution in [3.8, 4) is 11.4 Å². The maximum atomic E-state index is 13.1. The van der Waals surface area contributed by atoms with Crippen molar-refractivity contribution < 1.29 is 4.79 Å². The molecule has 2 aromatic rings. The number of benzene rings is 1. The Morgan fingerprint density at radius 3 is 2.44 bits per heavy atom. The quantitative estimate of drug-likeness (QED) is 0.875. The first kappa shape index (κ1) is 18.0. The van der Waals surface area contributed by atoms with Crippen LogP contribution in [0.3, 0.4) is 0 Å². The molecule has 1 N–H and O–H groups in total. The minimum atomic E-state index is 0.0240. The molecule has 2 fully saturated rings. The standard InChI is InChI=1S/C22H28N4O/c1-16-11-13-26(14-12-16)22(27)19-15-20(23-18-9-5-6-10-18)25-21(24-19)17-7-3-2-4-8-17/h2-4,7-8,15-16,18H,5-6,9-14H2,1H3,(H,23,24,25). The maximum absolute atomic E-state index is 13.1. The fourth-order valence-corrected chi connectivity index (χ4v) is 4.00. The molecule has 1 saturated carbocycles. The van der Waals surface area contributed by atoms with E-state index in [0.717, 1.165) is 50.2 Å². The van der Waals surface area contributed by atoms with Crippen molar-refractivity contribution >= 4 is 11.7 Å². The SMILES string of the molecule is CC1CCN(C(=O)c2cc(NC3CCCC3)nc(-c3ccccc3)n2)CC1. The molecule has 0 spiro atoms. The fraction of sp³-hybridized carbons (Fsp3) is 0.500. The van der Waals surface area contributed by atoms with E-state index < -0.39 is 0 Å². The van der Waals surface area contributed by atoms with Crippen molar-refractivity contribution in [2.24, 2.45) is 5.92 Å². The Bertz CT molecular complexity index is 778. The normalized spacial score (nSPS) is 18.6. The Morgan fingerprint density at radius 1 is 1.04 bits per heavy atom. The molecule has 4 rings (SSSR count). The van der Waals surface area contributed by atoms with Gasteiger partial charge in [0, 0.05) is 30.8 Å². The highest BCUT2D eigenvalue weighted by atomic mass is 16.2. The zero-order valence-electron chi connectivity index (χ0n) is 16.0. The number of rotatable bonds is 4. The van der Waals surface area contributed by atoms with Crippen LogP contribution in [0.1, 0.15) is 55.9 Å². The van der Waals surface area contributed by atoms with Crippen LogP contribution in [0.25, 0.3) is 11.4 Å². The first-order valence-electron chi connectivity index (χ1n) is 10.2. The van der Waals surface area contributed by atoms with Crippen LogP contribution in [0.2, 0.25) is 0 Å². The molecule has 0 radical (unpaired) electrons. The van der Waals surface area contributed by atoms with Gasteiger partial charge >= 0.3 is 0 Å². The van der Waals surface area contributed by atoms with Crippen molar-refractivity contribution in [3.63, 3.8) is 0 Å². The molecule has 0 atom stereocenters. The predicted molar refractivity (Wildman–Crippen MR) is 108 cm³/mol. The number of hydrogen-bond acceptors (Lipinski definition) is 4. The number of anilines is 1. The van der Waals surface area contributed by atoms with E-state index in [1.807, 2.05) is 41.3 Å². The van der Waals surface area contributed by atoms with Crippen molar-refractivity contribution in [3.05, 3.63) is 42.1 Å². The summed E-state index contributed by atoms with van der Waals surface area (Å²) in [6, 6.07) is 12.2. The van der Waals surface area contributed by atoms with E-state index in [2.05, 4.69) is 17.2 Å². The smallest absolute Gasteiger partial charge is 0.272 e. The number of likely N-dealkylation sites (tertiary alicyclic amines) is 1. The Balaban J connectivity index is 1.63. The molecule has 1 aliphatic heterocycles. The number of hydrogen-bond donors (Lipinski definition) is 1. The Kier molecular flexibility index (Phi) is 5.37. The van der Waals surface area contributed by atoms with Crippen LogP contribution in [0.15, 0.2) is 36.4 Å². The summed E-state index contributed by atoms with van der Waals surface area (Å²) in [6.45, 7) is 3.88. The number of amides is 1. The van der Waals surface area contributed by atoms with E-state index >= 15 is 0 Å². The summed E-state index contributed by atoms with van der Waals surface area (Å²) in [5.74, 6) is 2.10. The van der Waals surface area contributed by atoms with Gasteiger partial charge in [-0.25, -0.2) is 9.97 Å². The Morgan fingerprint density at radius 2 is 1.74 bits per heavy atom. The lowest BCUT2D eigenvalue weighted by atomic mass is 9.99. The first-order chi connectivity index (χ1) is 13.2. The van der Waals surface area contributed by atoms with Crippen LogP contribution >= 0.6 is 0 Å². The topological polar surface area (TPSA) is 58.1 Å². The van der Waals surface area contributed by atoms with E-state index in [4.69, 9.17) is 4.98 Å². The predicted octanol–water partition coefficient (Wildman–Crippen LogP) is 4.37. The van der Waals surface area contributed by atoms with Gasteiger partial charge in [0.1, 0.15) is 11.5 Å². The molecule has 0 unspecified atom stereocenters. The van der Waals surface area contributed by atoms with Crippen LogP contribution < -0.4 is 5.32 Å². The molecule has 2 heterocycles. The van der Waals surface area contributed by atoms with Gasteiger partial charge in [0.2, 0.25) is 0 Å². The monoisotopic (exact) mass is 364 g/mol. The molecule has 5 heteroatoms. The zero-order chi connectivity index (χ0) is 18.6. The lowest BCUT2D eigenvalue weighted by Gasteiger charge is -2.30. The van der Waals surface area contributed by atoms with Gasteiger partial charge in [0.05, 0.1) is 0 Å². The summed E-state index contributed by atoms with van der Waals surface area (Å²) in [4.78, 5) is 24.4. The summed E-state index contributed by atoms with van der Waals surface area (Å²) in [5, 5.41) is 3.53.